The fourth-order valence-electron chi connectivity index (χ4n) is 3.75. The van der Waals surface area contributed by atoms with Gasteiger partial charge in [-0.1, -0.05) is 17.7 Å². The standard InChI is InChI=1S/C20H20ClFN4O3/c1-29-17-6-5-12(11-14(17)21)23-19(27)25-9-7-13(8-10-25)26-16-4-2-3-15(22)18(16)24-20(26)28/h2-6,11,13H,7-10H2,1H3,(H,23,27)(H,24,28). The van der Waals surface area contributed by atoms with E-state index in [-0.39, 0.29) is 23.3 Å². The lowest BCUT2D eigenvalue weighted by Crippen LogP contribution is -2.42. The fraction of sp³-hybridized carbons (Fsp3) is 0.300. The molecule has 1 fully saturated rings. The summed E-state index contributed by atoms with van der Waals surface area (Å²) < 4.78 is 20.6. The van der Waals surface area contributed by atoms with E-state index >= 15 is 0 Å². The highest BCUT2D eigenvalue weighted by atomic mass is 35.5. The predicted octanol–water partition coefficient (Wildman–Crippen LogP) is 4.00. The smallest absolute Gasteiger partial charge is 0.326 e. The molecule has 0 spiro atoms. The van der Waals surface area contributed by atoms with Gasteiger partial charge in [-0.2, -0.15) is 0 Å². The van der Waals surface area contributed by atoms with E-state index in [1.165, 1.54) is 13.2 Å². The highest BCUT2D eigenvalue weighted by molar-refractivity contribution is 6.32. The van der Waals surface area contributed by atoms with Gasteiger partial charge in [0.25, 0.3) is 0 Å². The Balaban J connectivity index is 1.44. The number of ether oxygens (including phenoxy) is 1. The zero-order chi connectivity index (χ0) is 20.5. The predicted molar refractivity (Wildman–Crippen MR) is 109 cm³/mol. The van der Waals surface area contributed by atoms with Crippen molar-refractivity contribution < 1.29 is 13.9 Å². The molecule has 0 aliphatic carbocycles. The molecule has 0 bridgehead atoms. The van der Waals surface area contributed by atoms with Crippen LogP contribution in [-0.4, -0.2) is 40.7 Å². The molecule has 2 heterocycles. The van der Waals surface area contributed by atoms with Gasteiger partial charge in [-0.25, -0.2) is 14.0 Å². The number of carbonyl (C=O) groups is 1. The maximum absolute atomic E-state index is 13.9. The molecule has 0 radical (unpaired) electrons. The van der Waals surface area contributed by atoms with Crippen molar-refractivity contribution in [3.05, 3.63) is 57.7 Å². The summed E-state index contributed by atoms with van der Waals surface area (Å²) in [6.45, 7) is 0.962. The number of halogens is 2. The third kappa shape index (κ3) is 3.67. The lowest BCUT2D eigenvalue weighted by molar-refractivity contribution is 0.184. The van der Waals surface area contributed by atoms with E-state index in [2.05, 4.69) is 10.3 Å². The van der Waals surface area contributed by atoms with Gasteiger partial charge in [0.05, 0.1) is 17.6 Å². The normalized spacial score (nSPS) is 14.9. The van der Waals surface area contributed by atoms with Crippen molar-refractivity contribution in [3.63, 3.8) is 0 Å². The quantitative estimate of drug-likeness (QED) is 0.674. The van der Waals surface area contributed by atoms with Crippen LogP contribution >= 0.6 is 11.6 Å². The first-order valence-corrected chi connectivity index (χ1v) is 9.64. The first-order chi connectivity index (χ1) is 14.0. The van der Waals surface area contributed by atoms with Gasteiger partial charge in [0.2, 0.25) is 0 Å². The van der Waals surface area contributed by atoms with Gasteiger partial charge in [-0.05, 0) is 43.2 Å². The zero-order valence-corrected chi connectivity index (χ0v) is 16.5. The van der Waals surface area contributed by atoms with Crippen molar-refractivity contribution >= 4 is 34.4 Å². The number of aromatic nitrogens is 2. The largest absolute Gasteiger partial charge is 0.495 e. The molecule has 1 aromatic heterocycles. The minimum atomic E-state index is -0.451. The van der Waals surface area contributed by atoms with E-state index in [0.29, 0.717) is 47.9 Å². The van der Waals surface area contributed by atoms with Crippen LogP contribution in [0.4, 0.5) is 14.9 Å². The summed E-state index contributed by atoms with van der Waals surface area (Å²) in [6.07, 6.45) is 1.19. The van der Waals surface area contributed by atoms with Crippen LogP contribution in [0.2, 0.25) is 5.02 Å². The monoisotopic (exact) mass is 418 g/mol. The first kappa shape index (κ1) is 19.3. The van der Waals surface area contributed by atoms with Crippen molar-refractivity contribution in [2.45, 2.75) is 18.9 Å². The Kier molecular flexibility index (Phi) is 5.19. The van der Waals surface area contributed by atoms with Crippen LogP contribution in [0.3, 0.4) is 0 Å². The average Bonchev–Trinajstić information content (AvgIpc) is 3.05. The summed E-state index contributed by atoms with van der Waals surface area (Å²) in [7, 11) is 1.52. The molecule has 4 rings (SSSR count). The van der Waals surface area contributed by atoms with E-state index in [1.54, 1.807) is 39.8 Å². The number of para-hydroxylation sites is 1. The summed E-state index contributed by atoms with van der Waals surface area (Å²) in [5.74, 6) is 0.0828. The second-order valence-corrected chi connectivity index (χ2v) is 7.34. The first-order valence-electron chi connectivity index (χ1n) is 9.26. The van der Waals surface area contributed by atoms with Gasteiger partial charge in [0.1, 0.15) is 17.1 Å². The second kappa shape index (κ2) is 7.79. The number of hydrogen-bond acceptors (Lipinski definition) is 3. The molecule has 2 N–H and O–H groups in total. The van der Waals surface area contributed by atoms with Crippen LogP contribution in [0, 0.1) is 5.82 Å². The number of rotatable bonds is 3. The van der Waals surface area contributed by atoms with Crippen LogP contribution in [0.5, 0.6) is 5.75 Å². The molecule has 29 heavy (non-hydrogen) atoms. The summed E-state index contributed by atoms with van der Waals surface area (Å²) in [5.41, 5.74) is 1.01. The fourth-order valence-corrected chi connectivity index (χ4v) is 4.01. The number of aromatic amines is 1. The van der Waals surface area contributed by atoms with Crippen molar-refractivity contribution in [3.8, 4) is 5.75 Å². The molecule has 2 amide bonds. The van der Waals surface area contributed by atoms with Gasteiger partial charge >= 0.3 is 11.7 Å². The van der Waals surface area contributed by atoms with Crippen molar-refractivity contribution in [2.75, 3.05) is 25.5 Å². The van der Waals surface area contributed by atoms with Gasteiger partial charge in [-0.15, -0.1) is 0 Å². The highest BCUT2D eigenvalue weighted by Crippen LogP contribution is 2.29. The number of likely N-dealkylation sites (tertiary alicyclic amines) is 1. The third-order valence-corrected chi connectivity index (χ3v) is 5.52. The molecule has 0 saturated carbocycles. The average molecular weight is 419 g/mol. The number of nitrogens with one attached hydrogen (secondary N) is 2. The number of benzene rings is 2. The number of fused-ring (bicyclic) bond motifs is 1. The maximum atomic E-state index is 13.9. The van der Waals surface area contributed by atoms with Gasteiger partial charge in [0, 0.05) is 24.8 Å². The van der Waals surface area contributed by atoms with Gasteiger partial charge in [0.15, 0.2) is 0 Å². The lowest BCUT2D eigenvalue weighted by atomic mass is 10.0. The SMILES string of the molecule is COc1ccc(NC(=O)N2CCC(n3c(=O)[nH]c4c(F)cccc43)CC2)cc1Cl. The Labute approximate surface area is 171 Å². The number of piperidine rings is 1. The molecular formula is C20H20ClFN4O3. The molecule has 2 aromatic carbocycles. The van der Waals surface area contributed by atoms with E-state index in [0.717, 1.165) is 0 Å². The summed E-state index contributed by atoms with van der Waals surface area (Å²) >= 11 is 6.10. The van der Waals surface area contributed by atoms with Crippen LogP contribution in [0.25, 0.3) is 11.0 Å². The van der Waals surface area contributed by atoms with Crippen molar-refractivity contribution in [2.24, 2.45) is 0 Å². The second-order valence-electron chi connectivity index (χ2n) is 6.93. The molecule has 0 unspecified atom stereocenters. The minimum absolute atomic E-state index is 0.0995. The summed E-state index contributed by atoms with van der Waals surface area (Å²) in [5, 5.41) is 3.24. The topological polar surface area (TPSA) is 79.4 Å². The van der Waals surface area contributed by atoms with Crippen LogP contribution in [-0.2, 0) is 0 Å². The number of H-pyrrole nitrogens is 1. The molecule has 9 heteroatoms. The van der Waals surface area contributed by atoms with Gasteiger partial charge < -0.3 is 19.9 Å². The van der Waals surface area contributed by atoms with Crippen LogP contribution < -0.4 is 15.7 Å². The molecule has 0 atom stereocenters. The Morgan fingerprint density at radius 3 is 2.72 bits per heavy atom. The number of hydrogen-bond donors (Lipinski definition) is 2. The number of urea groups is 1. The molecule has 7 nitrogen and oxygen atoms in total. The summed E-state index contributed by atoms with van der Waals surface area (Å²) in [4.78, 5) is 29.2. The number of imidazole rings is 1. The number of methoxy groups -OCH3 is 1. The van der Waals surface area contributed by atoms with E-state index in [9.17, 15) is 14.0 Å². The number of nitrogens with zero attached hydrogens (tertiary/aromatic N) is 2. The molecule has 1 saturated heterocycles. The van der Waals surface area contributed by atoms with E-state index in [4.69, 9.17) is 16.3 Å². The molecular weight excluding hydrogens is 399 g/mol. The van der Waals surface area contributed by atoms with Crippen molar-refractivity contribution in [1.29, 1.82) is 0 Å². The maximum Gasteiger partial charge on any atom is 0.326 e. The molecule has 3 aromatic rings. The van der Waals surface area contributed by atoms with E-state index < -0.39 is 5.82 Å². The molecule has 152 valence electrons. The van der Waals surface area contributed by atoms with Crippen LogP contribution in [0.15, 0.2) is 41.2 Å². The van der Waals surface area contributed by atoms with E-state index in [1.807, 2.05) is 0 Å². The Morgan fingerprint density at radius 2 is 2.03 bits per heavy atom. The van der Waals surface area contributed by atoms with Crippen molar-refractivity contribution in [1.82, 2.24) is 14.5 Å². The lowest BCUT2D eigenvalue weighted by Gasteiger charge is -2.32. The number of anilines is 1. The number of carbonyl (C=O) groups excluding carboxylic acids is 1. The molecule has 1 aliphatic heterocycles. The third-order valence-electron chi connectivity index (χ3n) is 5.22. The van der Waals surface area contributed by atoms with Gasteiger partial charge in [-0.3, -0.25) is 4.57 Å². The zero-order valence-electron chi connectivity index (χ0n) is 15.7. The van der Waals surface area contributed by atoms with Crippen LogP contribution in [0.1, 0.15) is 18.9 Å². The minimum Gasteiger partial charge on any atom is -0.495 e. The Morgan fingerprint density at radius 1 is 1.28 bits per heavy atom. The molecule has 1 aliphatic rings. The Hall–Kier alpha value is -3.00. The Bertz CT molecular complexity index is 1120. The summed E-state index contributed by atoms with van der Waals surface area (Å²) in [6, 6.07) is 9.33. The highest BCUT2D eigenvalue weighted by Gasteiger charge is 2.26. The number of amides is 2.